The Bertz CT molecular complexity index is 2230. The molecule has 16 heteroatoms. The van der Waals surface area contributed by atoms with Gasteiger partial charge in [-0.1, -0.05) is 38.2 Å². The monoisotopic (exact) mass is 874 g/mol. The molecule has 6 N–H and O–H groups in total. The standard InChI is InChI=1S/C47H62N4O12/c1-28-22-34-42(49-16-9-7-8-10-19-61-32-14-15-33-36(52)27-41(62-39(33)25-32)51-17-20-60-21-18-51)37(53)26-35(44(34)55)50-46(56)29(2)12-11-13-38(58-5)45(63-47(48)57)31(4)24-30(3)43(54)40(23-28)59-6/h11-16,24-28,30,38,40,43,45,53-55H,7-10,17-23H2,1-6H3,(H2,48,57)(H,50,56)/b13-11+,29-12+,31-24+,49-16?/t28-,30-,38-,40-,43+,45-/m1/s1. The molecular formula is C47H62N4O12. The van der Waals surface area contributed by atoms with Gasteiger partial charge in [0.1, 0.15) is 34.6 Å². The Morgan fingerprint density at radius 3 is 2.52 bits per heavy atom. The van der Waals surface area contributed by atoms with E-state index in [9.17, 15) is 29.7 Å². The number of hydrogen-bond donors (Lipinski definition) is 5. The van der Waals surface area contributed by atoms with Crippen LogP contribution in [0.2, 0.25) is 0 Å². The average Bonchev–Trinajstić information content (AvgIpc) is 3.26. The number of allylic oxidation sites excluding steroid dienone is 2. The van der Waals surface area contributed by atoms with Crippen molar-refractivity contribution >= 4 is 46.4 Å². The number of aromatic hydroxyl groups is 2. The summed E-state index contributed by atoms with van der Waals surface area (Å²) in [5.74, 6) is -0.558. The Hall–Kier alpha value is -5.68. The number of nitrogens with two attached hydrogens (primary N) is 1. The number of rotatable bonds is 12. The van der Waals surface area contributed by atoms with E-state index < -0.39 is 42.3 Å². The number of anilines is 2. The predicted molar refractivity (Wildman–Crippen MR) is 241 cm³/mol. The number of aliphatic imine (C=N–C) groups is 1. The second-order valence-corrected chi connectivity index (χ2v) is 16.2. The zero-order valence-corrected chi connectivity index (χ0v) is 37.0. The first-order valence-corrected chi connectivity index (χ1v) is 21.4. The number of carbonyl (C=O) groups is 2. The van der Waals surface area contributed by atoms with E-state index in [2.05, 4.69) is 10.3 Å². The first-order valence-electron chi connectivity index (χ1n) is 21.4. The number of aliphatic hydroxyl groups is 1. The molecule has 6 atom stereocenters. The van der Waals surface area contributed by atoms with E-state index in [4.69, 9.17) is 33.8 Å². The van der Waals surface area contributed by atoms with Crippen LogP contribution in [0.5, 0.6) is 17.2 Å². The van der Waals surface area contributed by atoms with Crippen molar-refractivity contribution in [1.29, 1.82) is 0 Å². The second kappa shape index (κ2) is 23.1. The number of primary amides is 1. The molecule has 0 saturated carbocycles. The van der Waals surface area contributed by atoms with Gasteiger partial charge in [0.2, 0.25) is 0 Å². The zero-order valence-electron chi connectivity index (χ0n) is 37.0. The lowest BCUT2D eigenvalue weighted by Gasteiger charge is -2.29. The van der Waals surface area contributed by atoms with Gasteiger partial charge < -0.3 is 59.4 Å². The lowest BCUT2D eigenvalue weighted by atomic mass is 9.87. The number of benzene rings is 2. The summed E-state index contributed by atoms with van der Waals surface area (Å²) in [5, 5.41) is 37.6. The van der Waals surface area contributed by atoms with Crippen molar-refractivity contribution in [1.82, 2.24) is 0 Å². The van der Waals surface area contributed by atoms with Crippen LogP contribution >= 0.6 is 0 Å². The van der Waals surface area contributed by atoms with Gasteiger partial charge in [-0.25, -0.2) is 4.79 Å². The SMILES string of the molecule is CO[C@@H]1/C=C/C=C(\C)C(=O)Nc2cc(O)c(N=CCCCCCOc3ccc4c(=O)cc(N5CCOCC5)oc4c3)c(c2O)C[C@@H](C)C[C@@H](OC)[C@@H](O)[C@H](C)/C=C(\C)[C@H]1OC(N)=O. The predicted octanol–water partition coefficient (Wildman–Crippen LogP) is 6.84. The zero-order chi connectivity index (χ0) is 45.6. The Morgan fingerprint density at radius 2 is 1.81 bits per heavy atom. The third-order valence-electron chi connectivity index (χ3n) is 11.3. The average molecular weight is 875 g/mol. The van der Waals surface area contributed by atoms with Crippen LogP contribution in [0, 0.1) is 11.8 Å². The Morgan fingerprint density at radius 1 is 1.05 bits per heavy atom. The molecule has 3 aromatic rings. The molecule has 5 rings (SSSR count). The molecule has 16 nitrogen and oxygen atoms in total. The molecule has 2 aliphatic heterocycles. The van der Waals surface area contributed by atoms with Gasteiger partial charge in [0.25, 0.3) is 5.91 Å². The van der Waals surface area contributed by atoms with Gasteiger partial charge in [0.15, 0.2) is 17.4 Å². The number of hydrogen-bond acceptors (Lipinski definition) is 14. The summed E-state index contributed by atoms with van der Waals surface area (Å²) in [7, 11) is 2.95. The second-order valence-electron chi connectivity index (χ2n) is 16.2. The van der Waals surface area contributed by atoms with Crippen molar-refractivity contribution in [3.8, 4) is 17.2 Å². The fraction of sp³-hybridized carbons (Fsp3) is 0.489. The molecule has 1 saturated heterocycles. The molecule has 63 heavy (non-hydrogen) atoms. The normalized spacial score (nSPS) is 25.2. The smallest absolute Gasteiger partial charge is 0.405 e. The lowest BCUT2D eigenvalue weighted by molar-refractivity contribution is -0.112. The van der Waals surface area contributed by atoms with Gasteiger partial charge in [0, 0.05) is 68.8 Å². The van der Waals surface area contributed by atoms with Crippen LogP contribution in [-0.4, -0.2) is 105 Å². The summed E-state index contributed by atoms with van der Waals surface area (Å²) in [6, 6.07) is 8.01. The number of phenolic OH excluding ortho intramolecular Hbond substituents is 2. The minimum absolute atomic E-state index is 0.000792. The maximum atomic E-state index is 13.3. The molecule has 342 valence electrons. The number of ether oxygens (including phenoxy) is 5. The van der Waals surface area contributed by atoms with Crippen molar-refractivity contribution in [3.63, 3.8) is 0 Å². The van der Waals surface area contributed by atoms with Gasteiger partial charge in [-0.2, -0.15) is 0 Å². The minimum atomic E-state index is -1.00. The highest BCUT2D eigenvalue weighted by Gasteiger charge is 2.30. The van der Waals surface area contributed by atoms with Crippen LogP contribution in [-0.2, 0) is 30.2 Å². The van der Waals surface area contributed by atoms with Crippen LogP contribution in [0.1, 0.15) is 65.4 Å². The number of aliphatic hydroxyl groups excluding tert-OH is 1. The molecular weight excluding hydrogens is 813 g/mol. The van der Waals surface area contributed by atoms with Gasteiger partial charge in [0.05, 0.1) is 43.1 Å². The molecule has 2 bridgehead atoms. The molecule has 1 aromatic heterocycles. The first kappa shape index (κ1) is 48.4. The largest absolute Gasteiger partial charge is 0.506 e. The van der Waals surface area contributed by atoms with Gasteiger partial charge in [-0.05, 0) is 76.0 Å². The van der Waals surface area contributed by atoms with Crippen LogP contribution in [0.25, 0.3) is 11.0 Å². The number of methoxy groups -OCH3 is 2. The summed E-state index contributed by atoms with van der Waals surface area (Å²) in [5.41, 5.74) is 7.12. The molecule has 0 spiro atoms. The summed E-state index contributed by atoms with van der Waals surface area (Å²) in [6.07, 6.45) is 7.33. The van der Waals surface area contributed by atoms with E-state index in [1.807, 2.05) is 18.7 Å². The summed E-state index contributed by atoms with van der Waals surface area (Å²) in [6.45, 7) is 9.98. The Balaban J connectivity index is 1.28. The van der Waals surface area contributed by atoms with E-state index in [1.54, 1.807) is 56.5 Å². The van der Waals surface area contributed by atoms with E-state index >= 15 is 0 Å². The Labute approximate surface area is 368 Å². The third-order valence-corrected chi connectivity index (χ3v) is 11.3. The summed E-state index contributed by atoms with van der Waals surface area (Å²) < 4.78 is 34.3. The van der Waals surface area contributed by atoms with Crippen LogP contribution in [0.4, 0.5) is 22.1 Å². The van der Waals surface area contributed by atoms with E-state index in [0.29, 0.717) is 79.5 Å². The molecule has 0 unspecified atom stereocenters. The third kappa shape index (κ3) is 13.2. The fourth-order valence-corrected chi connectivity index (χ4v) is 7.75. The number of fused-ring (bicyclic) bond motifs is 3. The van der Waals surface area contributed by atoms with E-state index in [1.165, 1.54) is 32.4 Å². The van der Waals surface area contributed by atoms with Gasteiger partial charge in [-0.3, -0.25) is 14.6 Å². The molecule has 2 aliphatic rings. The molecule has 1 fully saturated rings. The highest BCUT2D eigenvalue weighted by Crippen LogP contribution is 2.44. The maximum Gasteiger partial charge on any atom is 0.405 e. The van der Waals surface area contributed by atoms with Crippen LogP contribution in [0.3, 0.4) is 0 Å². The number of carbonyl (C=O) groups excluding carboxylic acids is 2. The van der Waals surface area contributed by atoms with Crippen LogP contribution < -0.4 is 26.1 Å². The number of morpholine rings is 1. The molecule has 2 aromatic carbocycles. The van der Waals surface area contributed by atoms with Crippen molar-refractivity contribution in [2.45, 2.75) is 90.6 Å². The number of nitrogens with zero attached hydrogens (tertiary/aromatic N) is 2. The van der Waals surface area contributed by atoms with Gasteiger partial charge >= 0.3 is 6.09 Å². The lowest BCUT2D eigenvalue weighted by Crippen LogP contribution is -2.37. The molecule has 0 aliphatic carbocycles. The molecule has 3 heterocycles. The molecule has 2 amide bonds. The van der Waals surface area contributed by atoms with Gasteiger partial charge in [-0.15, -0.1) is 0 Å². The van der Waals surface area contributed by atoms with Crippen molar-refractivity contribution in [3.05, 3.63) is 81.6 Å². The van der Waals surface area contributed by atoms with E-state index in [-0.39, 0.29) is 46.2 Å². The molecule has 0 radical (unpaired) electrons. The first-order chi connectivity index (χ1) is 30.2. The number of nitrogens with one attached hydrogen (secondary N) is 1. The van der Waals surface area contributed by atoms with Crippen molar-refractivity contribution in [2.24, 2.45) is 22.6 Å². The number of amides is 2. The minimum Gasteiger partial charge on any atom is -0.506 e. The number of unbranched alkanes of at least 4 members (excludes halogenated alkanes) is 3. The number of phenols is 2. The topological polar surface area (TPSA) is 225 Å². The Kier molecular flexibility index (Phi) is 17.8. The highest BCUT2D eigenvalue weighted by atomic mass is 16.6. The van der Waals surface area contributed by atoms with Crippen molar-refractivity contribution in [2.75, 3.05) is 57.3 Å². The summed E-state index contributed by atoms with van der Waals surface area (Å²) in [4.78, 5) is 44.6. The van der Waals surface area contributed by atoms with Crippen LogP contribution in [0.15, 0.2) is 80.0 Å². The highest BCUT2D eigenvalue weighted by molar-refractivity contribution is 6.05. The fourth-order valence-electron chi connectivity index (χ4n) is 7.75. The van der Waals surface area contributed by atoms with E-state index in [0.717, 1.165) is 19.3 Å². The summed E-state index contributed by atoms with van der Waals surface area (Å²) >= 11 is 0. The van der Waals surface area contributed by atoms with Crippen molar-refractivity contribution < 1.29 is 53.0 Å². The maximum absolute atomic E-state index is 13.3. The quantitative estimate of drug-likeness (QED) is 0.0414.